The lowest BCUT2D eigenvalue weighted by molar-refractivity contribution is 0.115. The molecule has 0 aromatic carbocycles. The highest BCUT2D eigenvalue weighted by Crippen LogP contribution is 2.14. The van der Waals surface area contributed by atoms with E-state index in [2.05, 4.69) is 15.4 Å². The maximum atomic E-state index is 12.0. The molecule has 2 aromatic heterocycles. The molecule has 10 heteroatoms. The third-order valence-electron chi connectivity index (χ3n) is 3.33. The Bertz CT molecular complexity index is 793. The summed E-state index contributed by atoms with van der Waals surface area (Å²) in [5.41, 5.74) is 0.617. The molecular formula is C15H18ClN5O4. The van der Waals surface area contributed by atoms with Crippen molar-refractivity contribution >= 4 is 29.2 Å². The number of anilines is 2. The number of nitrogens with one attached hydrogen (secondary N) is 1. The molecule has 0 spiro atoms. The quantitative estimate of drug-likeness (QED) is 0.766. The molecule has 0 aliphatic carbocycles. The number of halogens is 1. The summed E-state index contributed by atoms with van der Waals surface area (Å²) in [6.07, 6.45) is 0.507. The Labute approximate surface area is 148 Å². The smallest absolute Gasteiger partial charge is 0.407 e. The summed E-state index contributed by atoms with van der Waals surface area (Å²) < 4.78 is 6.02. The number of carboxylic acid groups (broad SMARTS) is 1. The number of rotatable bonds is 7. The highest BCUT2D eigenvalue weighted by atomic mass is 35.5. The molecule has 1 amide bonds. The number of hydrogen-bond donors (Lipinski definition) is 2. The minimum Gasteiger partial charge on any atom is -0.465 e. The molecule has 2 rings (SSSR count). The third kappa shape index (κ3) is 5.16. The van der Waals surface area contributed by atoms with E-state index in [1.807, 2.05) is 0 Å². The molecule has 0 bridgehead atoms. The van der Waals surface area contributed by atoms with Crippen LogP contribution in [0, 0.1) is 0 Å². The second kappa shape index (κ2) is 8.45. The molecule has 0 aliphatic rings. The molecular weight excluding hydrogens is 350 g/mol. The Hall–Kier alpha value is -2.65. The first-order valence-corrected chi connectivity index (χ1v) is 7.71. The lowest BCUT2D eigenvalue weighted by atomic mass is 10.2. The van der Waals surface area contributed by atoms with E-state index < -0.39 is 6.09 Å². The van der Waals surface area contributed by atoms with Gasteiger partial charge in [0.1, 0.15) is 11.5 Å². The predicted molar refractivity (Wildman–Crippen MR) is 92.3 cm³/mol. The summed E-state index contributed by atoms with van der Waals surface area (Å²) in [5.74, 6) is 0.432. The van der Waals surface area contributed by atoms with E-state index in [1.54, 1.807) is 18.3 Å². The molecule has 0 atom stereocenters. The highest BCUT2D eigenvalue weighted by Gasteiger charge is 2.12. The van der Waals surface area contributed by atoms with E-state index in [1.165, 1.54) is 25.1 Å². The number of methoxy groups -OCH3 is 1. The van der Waals surface area contributed by atoms with E-state index >= 15 is 0 Å². The molecule has 2 heterocycles. The Morgan fingerprint density at radius 1 is 1.48 bits per heavy atom. The van der Waals surface area contributed by atoms with E-state index in [4.69, 9.17) is 16.3 Å². The lowest BCUT2D eigenvalue weighted by Crippen LogP contribution is -2.32. The average molecular weight is 368 g/mol. The van der Waals surface area contributed by atoms with Gasteiger partial charge in [0.2, 0.25) is 0 Å². The zero-order chi connectivity index (χ0) is 18.4. The van der Waals surface area contributed by atoms with Crippen molar-refractivity contribution in [3.05, 3.63) is 45.5 Å². The third-order valence-corrected chi connectivity index (χ3v) is 3.51. The van der Waals surface area contributed by atoms with Crippen LogP contribution in [-0.2, 0) is 18.3 Å². The molecule has 0 saturated heterocycles. The van der Waals surface area contributed by atoms with Gasteiger partial charge in [-0.3, -0.25) is 4.79 Å². The van der Waals surface area contributed by atoms with E-state index in [0.29, 0.717) is 18.0 Å². The zero-order valence-electron chi connectivity index (χ0n) is 13.8. The maximum absolute atomic E-state index is 12.0. The summed E-state index contributed by atoms with van der Waals surface area (Å²) in [6.45, 7) is 0.762. The molecule has 0 aliphatic heterocycles. The molecule has 2 N–H and O–H groups in total. The molecule has 0 radical (unpaired) electrons. The van der Waals surface area contributed by atoms with Gasteiger partial charge in [-0.05, 0) is 11.6 Å². The predicted octanol–water partition coefficient (Wildman–Crippen LogP) is 1.70. The monoisotopic (exact) mass is 367 g/mol. The largest absolute Gasteiger partial charge is 0.465 e. The van der Waals surface area contributed by atoms with Crippen molar-refractivity contribution in [1.82, 2.24) is 19.7 Å². The fourth-order valence-electron chi connectivity index (χ4n) is 2.06. The minimum atomic E-state index is -1.03. The van der Waals surface area contributed by atoms with Gasteiger partial charge >= 0.3 is 6.09 Å². The van der Waals surface area contributed by atoms with Crippen molar-refractivity contribution in [2.24, 2.45) is 7.05 Å². The number of carbonyl (C=O) groups is 1. The van der Waals surface area contributed by atoms with Crippen LogP contribution in [-0.4, -0.2) is 51.1 Å². The SMILES string of the molecule is COCCN(Cc1ccc(Nc2cc(Cl)nn(C)c2=O)nc1)C(=O)O. The molecule has 2 aromatic rings. The number of ether oxygens (including phenoxy) is 1. The topological polar surface area (TPSA) is 110 Å². The van der Waals surface area contributed by atoms with Crippen LogP contribution in [0.4, 0.5) is 16.3 Å². The number of amides is 1. The van der Waals surface area contributed by atoms with Gasteiger partial charge in [0, 0.05) is 33.0 Å². The van der Waals surface area contributed by atoms with Crippen LogP contribution in [0.5, 0.6) is 0 Å². The number of pyridine rings is 1. The number of aryl methyl sites for hydroxylation is 1. The van der Waals surface area contributed by atoms with Crippen molar-refractivity contribution in [2.75, 3.05) is 25.6 Å². The van der Waals surface area contributed by atoms with Gasteiger partial charge in [0.15, 0.2) is 5.15 Å². The first kappa shape index (κ1) is 18.7. The van der Waals surface area contributed by atoms with Gasteiger partial charge < -0.3 is 20.1 Å². The van der Waals surface area contributed by atoms with Gasteiger partial charge in [-0.2, -0.15) is 5.10 Å². The van der Waals surface area contributed by atoms with Crippen LogP contribution in [0.1, 0.15) is 5.56 Å². The summed E-state index contributed by atoms with van der Waals surface area (Å²) in [6, 6.07) is 4.79. The van der Waals surface area contributed by atoms with Crippen molar-refractivity contribution in [2.45, 2.75) is 6.54 Å². The second-order valence-electron chi connectivity index (χ2n) is 5.18. The standard InChI is InChI=1S/C15H18ClN5O4/c1-20-14(22)11(7-12(16)19-20)18-13-4-3-10(8-17-13)9-21(15(23)24)5-6-25-2/h3-4,7-8H,5-6,9H2,1-2H3,(H,17,18)(H,23,24). The Morgan fingerprint density at radius 3 is 2.84 bits per heavy atom. The highest BCUT2D eigenvalue weighted by molar-refractivity contribution is 6.29. The summed E-state index contributed by atoms with van der Waals surface area (Å²) in [5, 5.41) is 16.0. The van der Waals surface area contributed by atoms with Crippen molar-refractivity contribution in [3.63, 3.8) is 0 Å². The van der Waals surface area contributed by atoms with Crippen molar-refractivity contribution < 1.29 is 14.6 Å². The van der Waals surface area contributed by atoms with Gasteiger partial charge in [0.05, 0.1) is 13.2 Å². The summed E-state index contributed by atoms with van der Waals surface area (Å²) in [7, 11) is 3.01. The Kier molecular flexibility index (Phi) is 6.31. The Morgan fingerprint density at radius 2 is 2.24 bits per heavy atom. The van der Waals surface area contributed by atoms with Gasteiger partial charge in [0.25, 0.3) is 5.56 Å². The summed E-state index contributed by atoms with van der Waals surface area (Å²) in [4.78, 5) is 28.6. The second-order valence-corrected chi connectivity index (χ2v) is 5.57. The summed E-state index contributed by atoms with van der Waals surface area (Å²) >= 11 is 5.84. The number of aromatic nitrogens is 3. The molecule has 0 fully saturated rings. The fourth-order valence-corrected chi connectivity index (χ4v) is 2.28. The van der Waals surface area contributed by atoms with Crippen LogP contribution in [0.3, 0.4) is 0 Å². The van der Waals surface area contributed by atoms with E-state index in [9.17, 15) is 14.7 Å². The van der Waals surface area contributed by atoms with Crippen molar-refractivity contribution in [1.29, 1.82) is 0 Å². The normalized spacial score (nSPS) is 10.5. The van der Waals surface area contributed by atoms with Crippen LogP contribution < -0.4 is 10.9 Å². The van der Waals surface area contributed by atoms with Crippen LogP contribution in [0.2, 0.25) is 5.15 Å². The fraction of sp³-hybridized carbons (Fsp3) is 0.333. The van der Waals surface area contributed by atoms with Crippen LogP contribution >= 0.6 is 11.6 Å². The van der Waals surface area contributed by atoms with Gasteiger partial charge in [-0.25, -0.2) is 14.5 Å². The number of nitrogens with zero attached hydrogens (tertiary/aromatic N) is 4. The molecule has 25 heavy (non-hydrogen) atoms. The molecule has 9 nitrogen and oxygen atoms in total. The van der Waals surface area contributed by atoms with E-state index in [0.717, 1.165) is 4.68 Å². The van der Waals surface area contributed by atoms with Gasteiger partial charge in [-0.1, -0.05) is 17.7 Å². The maximum Gasteiger partial charge on any atom is 0.407 e. The van der Waals surface area contributed by atoms with Crippen LogP contribution in [0.15, 0.2) is 29.2 Å². The number of hydrogen-bond acceptors (Lipinski definition) is 6. The average Bonchev–Trinajstić information content (AvgIpc) is 2.57. The molecule has 134 valence electrons. The van der Waals surface area contributed by atoms with E-state index in [-0.39, 0.29) is 29.5 Å². The first-order valence-electron chi connectivity index (χ1n) is 7.33. The van der Waals surface area contributed by atoms with Crippen LogP contribution in [0.25, 0.3) is 0 Å². The lowest BCUT2D eigenvalue weighted by Gasteiger charge is -2.18. The zero-order valence-corrected chi connectivity index (χ0v) is 14.5. The minimum absolute atomic E-state index is 0.177. The molecule has 0 unspecified atom stereocenters. The van der Waals surface area contributed by atoms with Gasteiger partial charge in [-0.15, -0.1) is 0 Å². The molecule has 0 saturated carbocycles. The van der Waals surface area contributed by atoms with Crippen molar-refractivity contribution in [3.8, 4) is 0 Å². The Balaban J connectivity index is 2.09. The first-order chi connectivity index (χ1) is 11.9.